The van der Waals surface area contributed by atoms with Gasteiger partial charge in [0.15, 0.2) is 0 Å². The van der Waals surface area contributed by atoms with Gasteiger partial charge in [-0.1, -0.05) is 26.7 Å². The second-order valence-electron chi connectivity index (χ2n) is 2.05. The zero-order chi connectivity index (χ0) is 10.4. The van der Waals surface area contributed by atoms with E-state index in [-0.39, 0.29) is 19.5 Å². The predicted molar refractivity (Wildman–Crippen MR) is 52.7 cm³/mol. The van der Waals surface area contributed by atoms with Crippen LogP contribution in [0, 0.1) is 13.8 Å². The minimum atomic E-state index is -1.33. The quantitative estimate of drug-likeness (QED) is 0.576. The van der Waals surface area contributed by atoms with Crippen molar-refractivity contribution in [3.63, 3.8) is 0 Å². The summed E-state index contributed by atoms with van der Waals surface area (Å²) < 4.78 is 0. The second kappa shape index (κ2) is 29.7. The molecule has 0 aliphatic rings. The van der Waals surface area contributed by atoms with E-state index in [2.05, 4.69) is 33.4 Å². The third kappa shape index (κ3) is 325. The number of amides is 1. The van der Waals surface area contributed by atoms with Gasteiger partial charge in [0.05, 0.1) is 0 Å². The summed E-state index contributed by atoms with van der Waals surface area (Å²) in [6, 6.07) is 0. The third-order valence-electron chi connectivity index (χ3n) is 0.707. The Morgan fingerprint density at radius 1 is 1.23 bits per heavy atom. The molecule has 0 aliphatic carbocycles. The van der Waals surface area contributed by atoms with Gasteiger partial charge in [0.25, 0.3) is 0 Å². The maximum Gasteiger partial charge on any atom is 2.00 e. The maximum absolute atomic E-state index is 8.78. The molecule has 1 amide bonds. The molecule has 0 saturated heterocycles. The number of carbonyl (C=O) groups is 1. The monoisotopic (exact) mass is 239 g/mol. The van der Waals surface area contributed by atoms with Crippen molar-refractivity contribution in [1.82, 2.24) is 0 Å². The molecular formula is C9H21NO2Zn. The van der Waals surface area contributed by atoms with Gasteiger partial charge in [-0.15, -0.1) is 0 Å². The Bertz CT molecular complexity index is 68.0. The normalized spacial score (nSPS) is 6.46. The minimum absolute atomic E-state index is 0. The SMILES string of the molecule is NC(=O)O.[CH2-]CCC.[CH2-]CCC.[Zn+2]. The molecule has 0 atom stereocenters. The Kier molecular flexibility index (Phi) is 52.7. The van der Waals surface area contributed by atoms with Crippen LogP contribution in [0.4, 0.5) is 4.79 Å². The summed E-state index contributed by atoms with van der Waals surface area (Å²) in [4.78, 5) is 8.78. The fourth-order valence-corrected chi connectivity index (χ4v) is 0. The van der Waals surface area contributed by atoms with E-state index in [1.807, 2.05) is 0 Å². The van der Waals surface area contributed by atoms with Crippen LogP contribution in [-0.2, 0) is 19.5 Å². The molecule has 76 valence electrons. The number of unbranched alkanes of at least 4 members (excludes halogenated alkanes) is 2. The van der Waals surface area contributed by atoms with Crippen LogP contribution in [-0.4, -0.2) is 11.2 Å². The number of rotatable bonds is 2. The van der Waals surface area contributed by atoms with Gasteiger partial charge in [0.2, 0.25) is 0 Å². The summed E-state index contributed by atoms with van der Waals surface area (Å²) in [7, 11) is 0. The Morgan fingerprint density at radius 2 is 1.31 bits per heavy atom. The molecule has 4 heteroatoms. The van der Waals surface area contributed by atoms with Gasteiger partial charge in [0, 0.05) is 0 Å². The largest absolute Gasteiger partial charge is 2.00 e. The van der Waals surface area contributed by atoms with Gasteiger partial charge in [-0.2, -0.15) is 12.8 Å². The first-order valence-electron chi connectivity index (χ1n) is 4.13. The van der Waals surface area contributed by atoms with E-state index >= 15 is 0 Å². The van der Waals surface area contributed by atoms with E-state index in [9.17, 15) is 0 Å². The van der Waals surface area contributed by atoms with Crippen LogP contribution < -0.4 is 5.73 Å². The fraction of sp³-hybridized carbons (Fsp3) is 0.667. The van der Waals surface area contributed by atoms with Crippen molar-refractivity contribution in [2.24, 2.45) is 5.73 Å². The first kappa shape index (κ1) is 23.1. The van der Waals surface area contributed by atoms with Crippen LogP contribution in [0.15, 0.2) is 0 Å². The standard InChI is InChI=1S/2C4H9.CH3NO2.Zn/c2*1-3-4-2;2-1(3)4;/h2*1,3-4H2,2H3;2H2,(H,3,4);/q2*-1;;+2. The van der Waals surface area contributed by atoms with Crippen molar-refractivity contribution in [1.29, 1.82) is 0 Å². The van der Waals surface area contributed by atoms with Crippen molar-refractivity contribution in [2.45, 2.75) is 39.5 Å². The molecule has 3 nitrogen and oxygen atoms in total. The van der Waals surface area contributed by atoms with E-state index in [0.717, 1.165) is 12.8 Å². The number of hydrogen-bond donors (Lipinski definition) is 2. The molecule has 0 unspecified atom stereocenters. The molecule has 0 aromatic carbocycles. The van der Waals surface area contributed by atoms with E-state index < -0.39 is 6.09 Å². The number of nitrogens with two attached hydrogens (primary N) is 1. The van der Waals surface area contributed by atoms with Gasteiger partial charge in [-0.05, 0) is 0 Å². The average molecular weight is 241 g/mol. The Hall–Kier alpha value is -0.107. The van der Waals surface area contributed by atoms with E-state index in [4.69, 9.17) is 9.90 Å². The maximum atomic E-state index is 8.78. The van der Waals surface area contributed by atoms with Crippen LogP contribution in [0.25, 0.3) is 0 Å². The molecule has 0 aliphatic heterocycles. The minimum Gasteiger partial charge on any atom is -0.465 e. The average Bonchev–Trinajstić information content (AvgIpc) is 2.03. The zero-order valence-corrected chi connectivity index (χ0v) is 11.8. The number of hydrogen-bond acceptors (Lipinski definition) is 1. The summed E-state index contributed by atoms with van der Waals surface area (Å²) in [6.45, 7) is 11.4. The van der Waals surface area contributed by atoms with Crippen molar-refractivity contribution >= 4 is 6.09 Å². The van der Waals surface area contributed by atoms with Gasteiger partial charge >= 0.3 is 25.6 Å². The molecule has 0 spiro atoms. The van der Waals surface area contributed by atoms with Crippen molar-refractivity contribution in [2.75, 3.05) is 0 Å². The molecule has 0 saturated carbocycles. The summed E-state index contributed by atoms with van der Waals surface area (Å²) in [6.07, 6.45) is 3.22. The van der Waals surface area contributed by atoms with Crippen LogP contribution in [0.1, 0.15) is 39.5 Å². The molecule has 0 heterocycles. The molecule has 0 rings (SSSR count). The van der Waals surface area contributed by atoms with Crippen LogP contribution >= 0.6 is 0 Å². The summed E-state index contributed by atoms with van der Waals surface area (Å²) >= 11 is 0. The van der Waals surface area contributed by atoms with E-state index in [1.165, 1.54) is 12.8 Å². The molecule has 0 bridgehead atoms. The van der Waals surface area contributed by atoms with Gasteiger partial charge < -0.3 is 24.7 Å². The number of primary amides is 1. The summed E-state index contributed by atoms with van der Waals surface area (Å²) in [5.41, 5.74) is 4.03. The van der Waals surface area contributed by atoms with Gasteiger partial charge in [0.1, 0.15) is 0 Å². The Labute approximate surface area is 94.8 Å². The molecular weight excluding hydrogens is 219 g/mol. The molecule has 0 aromatic rings. The Balaban J connectivity index is -0.0000000450. The molecule has 0 fully saturated rings. The molecule has 0 aromatic heterocycles. The van der Waals surface area contributed by atoms with E-state index in [0.29, 0.717) is 0 Å². The van der Waals surface area contributed by atoms with E-state index in [1.54, 1.807) is 0 Å². The van der Waals surface area contributed by atoms with Crippen LogP contribution in [0.3, 0.4) is 0 Å². The Morgan fingerprint density at radius 3 is 1.31 bits per heavy atom. The first-order valence-corrected chi connectivity index (χ1v) is 4.13. The van der Waals surface area contributed by atoms with Crippen molar-refractivity contribution in [3.8, 4) is 0 Å². The zero-order valence-electron chi connectivity index (χ0n) is 8.88. The first-order chi connectivity index (χ1) is 5.56. The van der Waals surface area contributed by atoms with Crippen LogP contribution in [0.5, 0.6) is 0 Å². The van der Waals surface area contributed by atoms with Crippen molar-refractivity contribution < 1.29 is 29.4 Å². The van der Waals surface area contributed by atoms with Crippen molar-refractivity contribution in [3.05, 3.63) is 13.8 Å². The molecule has 0 radical (unpaired) electrons. The fourth-order valence-electron chi connectivity index (χ4n) is 0. The predicted octanol–water partition coefficient (Wildman–Crippen LogP) is 2.86. The van der Waals surface area contributed by atoms with Gasteiger partial charge in [-0.3, -0.25) is 0 Å². The summed E-state index contributed by atoms with van der Waals surface area (Å²) in [5.74, 6) is 0. The second-order valence-corrected chi connectivity index (χ2v) is 2.05. The van der Waals surface area contributed by atoms with Gasteiger partial charge in [-0.25, -0.2) is 4.79 Å². The smallest absolute Gasteiger partial charge is 0.465 e. The number of carboxylic acid groups (broad SMARTS) is 1. The molecule has 13 heavy (non-hydrogen) atoms. The summed E-state index contributed by atoms with van der Waals surface area (Å²) in [5, 5.41) is 7.19. The van der Waals surface area contributed by atoms with Crippen LogP contribution in [0.2, 0.25) is 0 Å². The third-order valence-corrected chi connectivity index (χ3v) is 0.707. The topological polar surface area (TPSA) is 63.3 Å². The molecule has 3 N–H and O–H groups in total.